The number of hydrogen-bond donors (Lipinski definition) is 1. The van der Waals surface area contributed by atoms with E-state index in [0.29, 0.717) is 6.42 Å². The van der Waals surface area contributed by atoms with Crippen LogP contribution in [0.1, 0.15) is 25.8 Å². The van der Waals surface area contributed by atoms with Crippen molar-refractivity contribution in [2.75, 3.05) is 0 Å². The van der Waals surface area contributed by atoms with Crippen LogP contribution in [0.2, 0.25) is 0 Å². The van der Waals surface area contributed by atoms with E-state index >= 15 is 0 Å². The Labute approximate surface area is 129 Å². The zero-order valence-corrected chi connectivity index (χ0v) is 12.8. The summed E-state index contributed by atoms with van der Waals surface area (Å²) in [6.45, 7) is 3.50. The molecule has 0 amide bonds. The lowest BCUT2D eigenvalue weighted by Crippen LogP contribution is -2.23. The number of rotatable bonds is 6. The lowest BCUT2D eigenvalue weighted by atomic mass is 9.93. The molecule has 2 aromatic carbocycles. The van der Waals surface area contributed by atoms with Crippen LogP contribution < -0.4 is 0 Å². The van der Waals surface area contributed by atoms with Gasteiger partial charge in [0.05, 0.1) is 18.4 Å². The molecule has 2 aromatic rings. The fourth-order valence-corrected chi connectivity index (χ4v) is 2.49. The number of aliphatic carboxylic acids is 1. The summed E-state index contributed by atoms with van der Waals surface area (Å²) in [5, 5.41) is 11.5. The van der Waals surface area contributed by atoms with Gasteiger partial charge < -0.3 is 9.84 Å². The van der Waals surface area contributed by atoms with Crippen molar-refractivity contribution in [3.8, 4) is 0 Å². The summed E-state index contributed by atoms with van der Waals surface area (Å²) < 4.78 is 5.05. The van der Waals surface area contributed by atoms with Crippen LogP contribution in [0.25, 0.3) is 10.8 Å². The van der Waals surface area contributed by atoms with E-state index in [1.54, 1.807) is 13.8 Å². The molecule has 1 N–H and O–H groups in total. The number of carbonyl (C=O) groups excluding carboxylic acids is 1. The number of fused-ring (bicyclic) bond motifs is 1. The predicted octanol–water partition coefficient (Wildman–Crippen LogP) is 3.42. The standard InChI is InChI=1S/C18H20O4/c1-12(2)22-17(19)11-15(18(20)21)10-14-8-5-7-13-6-3-4-9-16(13)14/h3-9,12,15H,10-11H2,1-2H3,(H,20,21). The number of carbonyl (C=O) groups is 2. The second-order valence-corrected chi connectivity index (χ2v) is 5.62. The third-order valence-electron chi connectivity index (χ3n) is 3.48. The average Bonchev–Trinajstić information content (AvgIpc) is 2.46. The molecule has 1 atom stereocenters. The van der Waals surface area contributed by atoms with E-state index < -0.39 is 17.9 Å². The van der Waals surface area contributed by atoms with Crippen molar-refractivity contribution in [2.24, 2.45) is 5.92 Å². The van der Waals surface area contributed by atoms with Crippen LogP contribution in [0.5, 0.6) is 0 Å². The molecule has 4 heteroatoms. The first kappa shape index (κ1) is 16.0. The van der Waals surface area contributed by atoms with Crippen LogP contribution in [-0.4, -0.2) is 23.1 Å². The van der Waals surface area contributed by atoms with E-state index in [0.717, 1.165) is 16.3 Å². The largest absolute Gasteiger partial charge is 0.481 e. The molecule has 0 radical (unpaired) electrons. The number of ether oxygens (including phenoxy) is 1. The maximum atomic E-state index is 11.7. The fraction of sp³-hybridized carbons (Fsp3) is 0.333. The Morgan fingerprint density at radius 1 is 1.09 bits per heavy atom. The average molecular weight is 300 g/mol. The van der Waals surface area contributed by atoms with Gasteiger partial charge in [-0.05, 0) is 36.6 Å². The van der Waals surface area contributed by atoms with E-state index in [1.165, 1.54) is 0 Å². The lowest BCUT2D eigenvalue weighted by Gasteiger charge is -2.15. The molecule has 22 heavy (non-hydrogen) atoms. The fourth-order valence-electron chi connectivity index (χ4n) is 2.49. The molecule has 4 nitrogen and oxygen atoms in total. The number of carboxylic acids is 1. The molecule has 0 aliphatic heterocycles. The van der Waals surface area contributed by atoms with Gasteiger partial charge >= 0.3 is 11.9 Å². The lowest BCUT2D eigenvalue weighted by molar-refractivity contribution is -0.154. The molecule has 0 heterocycles. The van der Waals surface area contributed by atoms with E-state index in [-0.39, 0.29) is 12.5 Å². The van der Waals surface area contributed by atoms with Gasteiger partial charge in [0, 0.05) is 0 Å². The topological polar surface area (TPSA) is 63.6 Å². The molecule has 0 saturated heterocycles. The van der Waals surface area contributed by atoms with Crippen LogP contribution in [0.15, 0.2) is 42.5 Å². The van der Waals surface area contributed by atoms with Crippen LogP contribution in [-0.2, 0) is 20.7 Å². The molecule has 0 aliphatic carbocycles. The smallest absolute Gasteiger partial charge is 0.307 e. The Hall–Kier alpha value is -2.36. The minimum absolute atomic E-state index is 0.114. The molecule has 0 aromatic heterocycles. The van der Waals surface area contributed by atoms with Gasteiger partial charge in [-0.2, -0.15) is 0 Å². The van der Waals surface area contributed by atoms with E-state index in [9.17, 15) is 14.7 Å². The third kappa shape index (κ3) is 4.07. The van der Waals surface area contributed by atoms with Gasteiger partial charge in [-0.15, -0.1) is 0 Å². The molecule has 116 valence electrons. The van der Waals surface area contributed by atoms with Crippen LogP contribution in [0.3, 0.4) is 0 Å². The first-order chi connectivity index (χ1) is 10.5. The molecule has 0 aliphatic rings. The summed E-state index contributed by atoms with van der Waals surface area (Å²) in [4.78, 5) is 23.2. The first-order valence-corrected chi connectivity index (χ1v) is 7.36. The molecule has 0 bridgehead atoms. The Balaban J connectivity index is 2.20. The second kappa shape index (κ2) is 7.07. The van der Waals surface area contributed by atoms with Crippen molar-refractivity contribution in [1.82, 2.24) is 0 Å². The molecular weight excluding hydrogens is 280 g/mol. The van der Waals surface area contributed by atoms with Gasteiger partial charge in [-0.1, -0.05) is 42.5 Å². The minimum atomic E-state index is -0.978. The maximum absolute atomic E-state index is 11.7. The highest BCUT2D eigenvalue weighted by Crippen LogP contribution is 2.23. The molecular formula is C18H20O4. The zero-order valence-electron chi connectivity index (χ0n) is 12.8. The second-order valence-electron chi connectivity index (χ2n) is 5.62. The number of benzene rings is 2. The van der Waals surface area contributed by atoms with Crippen molar-refractivity contribution < 1.29 is 19.4 Å². The van der Waals surface area contributed by atoms with Crippen LogP contribution in [0.4, 0.5) is 0 Å². The summed E-state index contributed by atoms with van der Waals surface area (Å²) in [6.07, 6.45) is -0.0415. The highest BCUT2D eigenvalue weighted by atomic mass is 16.5. The normalized spacial score (nSPS) is 12.3. The highest BCUT2D eigenvalue weighted by molar-refractivity contribution is 5.86. The van der Waals surface area contributed by atoms with Crippen molar-refractivity contribution in [1.29, 1.82) is 0 Å². The molecule has 0 saturated carbocycles. The monoisotopic (exact) mass is 300 g/mol. The number of esters is 1. The Morgan fingerprint density at radius 3 is 2.45 bits per heavy atom. The van der Waals surface area contributed by atoms with Gasteiger partial charge in [0.15, 0.2) is 0 Å². The van der Waals surface area contributed by atoms with Gasteiger partial charge in [0.2, 0.25) is 0 Å². The van der Waals surface area contributed by atoms with Crippen molar-refractivity contribution in [3.05, 3.63) is 48.0 Å². The summed E-state index contributed by atoms with van der Waals surface area (Å²) in [5.74, 6) is -2.23. The molecule has 0 fully saturated rings. The summed E-state index contributed by atoms with van der Waals surface area (Å²) in [6, 6.07) is 13.6. The quantitative estimate of drug-likeness (QED) is 0.830. The number of hydrogen-bond acceptors (Lipinski definition) is 3. The Bertz CT molecular complexity index is 670. The number of carboxylic acid groups (broad SMARTS) is 1. The highest BCUT2D eigenvalue weighted by Gasteiger charge is 2.23. The van der Waals surface area contributed by atoms with Crippen molar-refractivity contribution >= 4 is 22.7 Å². The predicted molar refractivity (Wildman–Crippen MR) is 84.6 cm³/mol. The van der Waals surface area contributed by atoms with E-state index in [2.05, 4.69) is 0 Å². The maximum Gasteiger partial charge on any atom is 0.307 e. The molecule has 1 unspecified atom stereocenters. The SMILES string of the molecule is CC(C)OC(=O)CC(Cc1cccc2ccccc12)C(=O)O. The van der Waals surface area contributed by atoms with E-state index in [1.807, 2.05) is 42.5 Å². The Morgan fingerprint density at radius 2 is 1.77 bits per heavy atom. The minimum Gasteiger partial charge on any atom is -0.481 e. The molecule has 2 rings (SSSR count). The summed E-state index contributed by atoms with van der Waals surface area (Å²) in [7, 11) is 0. The summed E-state index contributed by atoms with van der Waals surface area (Å²) >= 11 is 0. The van der Waals surface area contributed by atoms with Crippen LogP contribution in [0, 0.1) is 5.92 Å². The Kier molecular flexibility index (Phi) is 5.15. The van der Waals surface area contributed by atoms with Gasteiger partial charge in [-0.3, -0.25) is 9.59 Å². The van der Waals surface area contributed by atoms with Crippen molar-refractivity contribution in [2.45, 2.75) is 32.8 Å². The van der Waals surface area contributed by atoms with Gasteiger partial charge in [-0.25, -0.2) is 0 Å². The summed E-state index contributed by atoms with van der Waals surface area (Å²) in [5.41, 5.74) is 0.933. The first-order valence-electron chi connectivity index (χ1n) is 7.36. The third-order valence-corrected chi connectivity index (χ3v) is 3.48. The zero-order chi connectivity index (χ0) is 16.1. The molecule has 0 spiro atoms. The van der Waals surface area contributed by atoms with Crippen molar-refractivity contribution in [3.63, 3.8) is 0 Å². The van der Waals surface area contributed by atoms with Crippen LogP contribution >= 0.6 is 0 Å². The van der Waals surface area contributed by atoms with Gasteiger partial charge in [0.1, 0.15) is 0 Å². The van der Waals surface area contributed by atoms with Gasteiger partial charge in [0.25, 0.3) is 0 Å². The van der Waals surface area contributed by atoms with E-state index in [4.69, 9.17) is 4.74 Å².